The van der Waals surface area contributed by atoms with Gasteiger partial charge < -0.3 is 31.9 Å². The molecule has 13 heteroatoms. The molecule has 2 heterocycles. The summed E-state index contributed by atoms with van der Waals surface area (Å²) in [6.45, 7) is 4.88. The molecule has 200 valence electrons. The van der Waals surface area contributed by atoms with E-state index in [-0.39, 0.29) is 60.8 Å². The van der Waals surface area contributed by atoms with E-state index in [1.165, 1.54) is 11.0 Å². The molecule has 0 saturated carbocycles. The maximum atomic E-state index is 13.5. The molecule has 12 nitrogen and oxygen atoms in total. The quantitative estimate of drug-likeness (QED) is 0.114. The molecule has 1 aromatic carbocycles. The zero-order valence-corrected chi connectivity index (χ0v) is 21.4. The molecule has 36 heavy (non-hydrogen) atoms. The van der Waals surface area contributed by atoms with Crippen LogP contribution in [0.3, 0.4) is 0 Å². The Bertz CT molecular complexity index is 1120. The van der Waals surface area contributed by atoms with E-state index in [0.29, 0.717) is 30.6 Å². The number of aromatic hydroxyl groups is 1. The van der Waals surface area contributed by atoms with Gasteiger partial charge in [0.2, 0.25) is 15.9 Å². The minimum absolute atomic E-state index is 0.0543. The Labute approximate surface area is 211 Å². The summed E-state index contributed by atoms with van der Waals surface area (Å²) in [5.74, 6) is -1.69. The van der Waals surface area contributed by atoms with E-state index in [4.69, 9.17) is 11.5 Å². The number of carbonyl (C=O) groups is 2. The minimum Gasteiger partial charge on any atom is -0.508 e. The second-order valence-corrected chi connectivity index (χ2v) is 11.5. The van der Waals surface area contributed by atoms with E-state index in [1.807, 2.05) is 13.8 Å². The number of piperidine rings is 1. The van der Waals surface area contributed by atoms with Crippen molar-refractivity contribution in [3.8, 4) is 5.75 Å². The number of nitrogens with one attached hydrogen (secondary N) is 2. The monoisotopic (exact) mass is 524 g/mol. The van der Waals surface area contributed by atoms with Gasteiger partial charge in [-0.15, -0.1) is 0 Å². The van der Waals surface area contributed by atoms with Crippen molar-refractivity contribution in [3.05, 3.63) is 17.7 Å². The number of nitrogens with zero attached hydrogens (tertiary/aromatic N) is 2. The Morgan fingerprint density at radius 2 is 2.00 bits per heavy atom. The second kappa shape index (κ2) is 11.3. The normalized spacial score (nSPS) is 22.7. The number of amides is 1. The van der Waals surface area contributed by atoms with Gasteiger partial charge in [0.05, 0.1) is 5.69 Å². The van der Waals surface area contributed by atoms with Crippen LogP contribution in [0.5, 0.6) is 5.75 Å². The van der Waals surface area contributed by atoms with Gasteiger partial charge in [0.1, 0.15) is 22.7 Å². The number of aliphatic imine (C=N–C) groups is 1. The fourth-order valence-corrected chi connectivity index (χ4v) is 6.25. The van der Waals surface area contributed by atoms with Crippen LogP contribution in [-0.4, -0.2) is 73.1 Å². The van der Waals surface area contributed by atoms with Gasteiger partial charge in [0.25, 0.3) is 0 Å². The Kier molecular flexibility index (Phi) is 8.67. The van der Waals surface area contributed by atoms with Crippen molar-refractivity contribution < 1.29 is 28.2 Å². The Morgan fingerprint density at radius 3 is 2.67 bits per heavy atom. The molecule has 1 aromatic rings. The average Bonchev–Trinajstić information content (AvgIpc) is 2.79. The van der Waals surface area contributed by atoms with E-state index >= 15 is 0 Å². The molecule has 0 spiro atoms. The first-order valence-corrected chi connectivity index (χ1v) is 13.6. The van der Waals surface area contributed by atoms with Crippen molar-refractivity contribution in [1.29, 1.82) is 0 Å². The Morgan fingerprint density at radius 1 is 1.28 bits per heavy atom. The topological polar surface area (TPSA) is 200 Å². The molecular formula is C23H36N6O6S. The van der Waals surface area contributed by atoms with Gasteiger partial charge in [0, 0.05) is 25.7 Å². The molecule has 1 fully saturated rings. The number of carbonyl (C=O) groups excluding carboxylic acids is 1. The second-order valence-electron chi connectivity index (χ2n) is 9.81. The molecule has 8 N–H and O–H groups in total. The molecule has 1 amide bonds. The van der Waals surface area contributed by atoms with Crippen molar-refractivity contribution in [2.75, 3.05) is 25.0 Å². The van der Waals surface area contributed by atoms with Crippen LogP contribution in [0.1, 0.15) is 45.1 Å². The summed E-state index contributed by atoms with van der Waals surface area (Å²) in [5, 5.41) is 23.0. The van der Waals surface area contributed by atoms with Gasteiger partial charge in [-0.1, -0.05) is 13.8 Å². The third-order valence-electron chi connectivity index (χ3n) is 6.63. The predicted octanol–water partition coefficient (Wildman–Crippen LogP) is 0.409. The summed E-state index contributed by atoms with van der Waals surface area (Å²) in [5.41, 5.74) is 11.8. The van der Waals surface area contributed by atoms with E-state index in [9.17, 15) is 28.2 Å². The highest BCUT2D eigenvalue weighted by molar-refractivity contribution is 7.89. The number of phenolic OH excluding ortho intramolecular Hbond substituents is 1. The number of likely N-dealkylation sites (tertiary alicyclic amines) is 1. The van der Waals surface area contributed by atoms with Crippen LogP contribution in [-0.2, 0) is 26.0 Å². The molecule has 4 atom stereocenters. The first kappa shape index (κ1) is 27.5. The van der Waals surface area contributed by atoms with Crippen LogP contribution < -0.4 is 21.5 Å². The van der Waals surface area contributed by atoms with E-state index in [2.05, 4.69) is 15.0 Å². The summed E-state index contributed by atoms with van der Waals surface area (Å²) in [7, 11) is -4.28. The summed E-state index contributed by atoms with van der Waals surface area (Å²) < 4.78 is 29.5. The predicted molar refractivity (Wildman–Crippen MR) is 135 cm³/mol. The largest absolute Gasteiger partial charge is 0.508 e. The Balaban J connectivity index is 1.92. The highest BCUT2D eigenvalue weighted by atomic mass is 32.2. The van der Waals surface area contributed by atoms with E-state index in [0.717, 1.165) is 6.07 Å². The lowest BCUT2D eigenvalue weighted by Gasteiger charge is -2.38. The number of benzene rings is 1. The molecule has 2 aliphatic rings. The number of hydrogen-bond donors (Lipinski definition) is 6. The third kappa shape index (κ3) is 6.58. The van der Waals surface area contributed by atoms with Gasteiger partial charge in [-0.05, 0) is 55.6 Å². The molecule has 1 saturated heterocycles. The fourth-order valence-electron chi connectivity index (χ4n) is 4.78. The first-order chi connectivity index (χ1) is 16.9. The number of guanidine groups is 1. The summed E-state index contributed by atoms with van der Waals surface area (Å²) in [6.07, 6.45) is 1.83. The lowest BCUT2D eigenvalue weighted by atomic mass is 9.91. The van der Waals surface area contributed by atoms with Gasteiger partial charge in [-0.2, -0.15) is 4.72 Å². The molecule has 2 aliphatic heterocycles. The van der Waals surface area contributed by atoms with Crippen LogP contribution >= 0.6 is 0 Å². The zero-order valence-electron chi connectivity index (χ0n) is 20.6. The van der Waals surface area contributed by atoms with Crippen molar-refractivity contribution in [1.82, 2.24) is 9.62 Å². The van der Waals surface area contributed by atoms with Crippen molar-refractivity contribution in [2.45, 2.75) is 62.9 Å². The van der Waals surface area contributed by atoms with E-state index in [1.54, 1.807) is 0 Å². The number of fused-ring (bicyclic) bond motifs is 1. The van der Waals surface area contributed by atoms with Crippen LogP contribution in [0.25, 0.3) is 0 Å². The minimum atomic E-state index is -4.28. The number of carboxylic acid groups (broad SMARTS) is 1. The number of nitrogens with two attached hydrogens (primary N) is 2. The lowest BCUT2D eigenvalue weighted by Crippen LogP contribution is -2.56. The number of anilines is 1. The SMILES string of the molecule is CC1CNc2c(cc(O)cc2S(=O)(=O)N[C@@H](CCCN=C(N)N)C(=O)N2CC[C@@H](C)C[C@@H]2C(=O)O)C1. The summed E-state index contributed by atoms with van der Waals surface area (Å²) in [4.78, 5) is 30.4. The van der Waals surface area contributed by atoms with Crippen LogP contribution in [0.15, 0.2) is 22.0 Å². The van der Waals surface area contributed by atoms with Crippen LogP contribution in [0, 0.1) is 11.8 Å². The lowest BCUT2D eigenvalue weighted by molar-refractivity contribution is -0.153. The van der Waals surface area contributed by atoms with Gasteiger partial charge >= 0.3 is 5.97 Å². The number of phenols is 1. The molecular weight excluding hydrogens is 488 g/mol. The zero-order chi connectivity index (χ0) is 26.6. The standard InChI is InChI=1S/C23H36N6O6S/c1-13-5-7-29(18(9-13)22(32)33)21(31)17(4-3-6-26-23(24)25)28-36(34,35)19-11-16(30)10-15-8-14(2)12-27-20(15)19/h10-11,13-14,17-18,27-28,30H,3-9,12H2,1-2H3,(H,32,33)(H4,24,25,26)/t13-,14?,17+,18-/m1/s1. The maximum absolute atomic E-state index is 13.5. The van der Waals surface area contributed by atoms with Gasteiger partial charge in [-0.25, -0.2) is 13.2 Å². The molecule has 0 bridgehead atoms. The van der Waals surface area contributed by atoms with E-state index < -0.39 is 34.0 Å². The van der Waals surface area contributed by atoms with Crippen molar-refractivity contribution in [2.24, 2.45) is 28.3 Å². The van der Waals surface area contributed by atoms with Gasteiger partial charge in [-0.3, -0.25) is 9.79 Å². The first-order valence-electron chi connectivity index (χ1n) is 12.1. The number of aliphatic carboxylic acids is 1. The Hall–Kier alpha value is -3.06. The molecule has 0 aromatic heterocycles. The number of hydrogen-bond acceptors (Lipinski definition) is 7. The van der Waals surface area contributed by atoms with Crippen molar-refractivity contribution in [3.63, 3.8) is 0 Å². The number of carboxylic acids is 1. The molecule has 3 rings (SSSR count). The van der Waals surface area contributed by atoms with Gasteiger partial charge in [0.15, 0.2) is 5.96 Å². The molecule has 1 unspecified atom stereocenters. The average molecular weight is 525 g/mol. The highest BCUT2D eigenvalue weighted by Gasteiger charge is 2.39. The highest BCUT2D eigenvalue weighted by Crippen LogP contribution is 2.35. The third-order valence-corrected chi connectivity index (χ3v) is 8.12. The maximum Gasteiger partial charge on any atom is 0.326 e. The molecule has 0 radical (unpaired) electrons. The van der Waals surface area contributed by atoms with Crippen LogP contribution in [0.4, 0.5) is 5.69 Å². The van der Waals surface area contributed by atoms with Crippen LogP contribution in [0.2, 0.25) is 0 Å². The van der Waals surface area contributed by atoms with Crippen molar-refractivity contribution >= 4 is 33.5 Å². The number of rotatable bonds is 9. The fraction of sp³-hybridized carbons (Fsp3) is 0.609. The number of sulfonamides is 1. The molecule has 0 aliphatic carbocycles. The summed E-state index contributed by atoms with van der Waals surface area (Å²) >= 11 is 0. The summed E-state index contributed by atoms with van der Waals surface area (Å²) in [6, 6.07) is 0.400. The smallest absolute Gasteiger partial charge is 0.326 e.